The molecule has 1 saturated heterocycles. The summed E-state index contributed by atoms with van der Waals surface area (Å²) in [6.07, 6.45) is 1.60. The van der Waals surface area contributed by atoms with Gasteiger partial charge < -0.3 is 9.88 Å². The van der Waals surface area contributed by atoms with E-state index in [2.05, 4.69) is 4.98 Å². The van der Waals surface area contributed by atoms with Crippen LogP contribution >= 0.6 is 0 Å². The lowest BCUT2D eigenvalue weighted by Gasteiger charge is -2.33. The van der Waals surface area contributed by atoms with Gasteiger partial charge in [-0.3, -0.25) is 4.79 Å². The Hall–Kier alpha value is -2.90. The van der Waals surface area contributed by atoms with Gasteiger partial charge in [0.25, 0.3) is 5.91 Å². The van der Waals surface area contributed by atoms with Gasteiger partial charge in [0, 0.05) is 42.5 Å². The molecular weight excluding hydrogens is 386 g/mol. The zero-order chi connectivity index (χ0) is 20.4. The first kappa shape index (κ1) is 19.4. The van der Waals surface area contributed by atoms with Crippen LogP contribution in [0.3, 0.4) is 0 Å². The SMILES string of the molecule is Cc1ccc2[nH]c(C(=O)N3CCN(S(=O)(=O)C=Cc4ccccc4)CC3)cc2c1. The Morgan fingerprint density at radius 2 is 1.72 bits per heavy atom. The number of aromatic amines is 1. The lowest BCUT2D eigenvalue weighted by molar-refractivity contribution is 0.0693. The number of benzene rings is 2. The number of sulfonamides is 1. The molecule has 0 saturated carbocycles. The predicted octanol–water partition coefficient (Wildman–Crippen LogP) is 3.23. The normalized spacial score (nSPS) is 16.0. The largest absolute Gasteiger partial charge is 0.351 e. The smallest absolute Gasteiger partial charge is 0.270 e. The molecule has 0 atom stereocenters. The van der Waals surface area contributed by atoms with Crippen molar-refractivity contribution < 1.29 is 13.2 Å². The number of piperazine rings is 1. The van der Waals surface area contributed by atoms with Crippen LogP contribution in [0.2, 0.25) is 0 Å². The van der Waals surface area contributed by atoms with Crippen molar-refractivity contribution in [2.24, 2.45) is 0 Å². The van der Waals surface area contributed by atoms with Crippen LogP contribution in [-0.2, 0) is 10.0 Å². The first-order valence-corrected chi connectivity index (χ1v) is 11.0. The van der Waals surface area contributed by atoms with Gasteiger partial charge in [-0.1, -0.05) is 42.0 Å². The molecule has 29 heavy (non-hydrogen) atoms. The van der Waals surface area contributed by atoms with Gasteiger partial charge in [-0.05, 0) is 36.8 Å². The summed E-state index contributed by atoms with van der Waals surface area (Å²) in [4.78, 5) is 17.7. The van der Waals surface area contributed by atoms with E-state index in [1.807, 2.05) is 61.5 Å². The molecule has 1 fully saturated rings. The molecule has 6 nitrogen and oxygen atoms in total. The Labute approximate surface area is 170 Å². The summed E-state index contributed by atoms with van der Waals surface area (Å²) in [6.45, 7) is 3.32. The van der Waals surface area contributed by atoms with E-state index in [1.165, 1.54) is 9.71 Å². The molecule has 0 unspecified atom stereocenters. The molecule has 0 radical (unpaired) electrons. The Balaban J connectivity index is 1.41. The Morgan fingerprint density at radius 1 is 1.00 bits per heavy atom. The molecule has 7 heteroatoms. The summed E-state index contributed by atoms with van der Waals surface area (Å²) in [5, 5.41) is 2.24. The molecular formula is C22H23N3O3S. The van der Waals surface area contributed by atoms with Crippen molar-refractivity contribution in [3.8, 4) is 0 Å². The molecule has 1 aliphatic heterocycles. The number of amides is 1. The zero-order valence-electron chi connectivity index (χ0n) is 16.2. The first-order chi connectivity index (χ1) is 13.9. The second-order valence-electron chi connectivity index (χ2n) is 7.22. The van der Waals surface area contributed by atoms with E-state index in [1.54, 1.807) is 11.0 Å². The van der Waals surface area contributed by atoms with Crippen LogP contribution in [0.5, 0.6) is 0 Å². The van der Waals surface area contributed by atoms with Crippen LogP contribution in [-0.4, -0.2) is 54.7 Å². The highest BCUT2D eigenvalue weighted by Gasteiger charge is 2.28. The summed E-state index contributed by atoms with van der Waals surface area (Å²) in [5.41, 5.74) is 3.42. The van der Waals surface area contributed by atoms with Gasteiger partial charge in [-0.15, -0.1) is 0 Å². The van der Waals surface area contributed by atoms with Gasteiger partial charge in [-0.2, -0.15) is 4.31 Å². The number of nitrogens with one attached hydrogen (secondary N) is 1. The van der Waals surface area contributed by atoms with Crippen molar-refractivity contribution in [2.45, 2.75) is 6.92 Å². The van der Waals surface area contributed by atoms with E-state index in [9.17, 15) is 13.2 Å². The molecule has 1 aliphatic rings. The average Bonchev–Trinajstić information content (AvgIpc) is 3.16. The lowest BCUT2D eigenvalue weighted by atomic mass is 10.2. The molecule has 1 amide bonds. The van der Waals surface area contributed by atoms with E-state index < -0.39 is 10.0 Å². The van der Waals surface area contributed by atoms with E-state index in [-0.39, 0.29) is 19.0 Å². The van der Waals surface area contributed by atoms with E-state index in [0.29, 0.717) is 18.8 Å². The van der Waals surface area contributed by atoms with Crippen molar-refractivity contribution in [2.75, 3.05) is 26.2 Å². The van der Waals surface area contributed by atoms with Gasteiger partial charge >= 0.3 is 0 Å². The molecule has 0 bridgehead atoms. The highest BCUT2D eigenvalue weighted by molar-refractivity contribution is 7.92. The second kappa shape index (κ2) is 7.85. The molecule has 2 aromatic carbocycles. The van der Waals surface area contributed by atoms with Crippen molar-refractivity contribution >= 4 is 32.9 Å². The van der Waals surface area contributed by atoms with Gasteiger partial charge in [0.05, 0.1) is 0 Å². The summed E-state index contributed by atoms with van der Waals surface area (Å²) < 4.78 is 26.6. The zero-order valence-corrected chi connectivity index (χ0v) is 17.0. The molecule has 2 heterocycles. The maximum absolute atomic E-state index is 12.8. The van der Waals surface area contributed by atoms with Gasteiger partial charge in [0.15, 0.2) is 0 Å². The van der Waals surface area contributed by atoms with Crippen molar-refractivity contribution in [3.05, 3.63) is 76.8 Å². The second-order valence-corrected chi connectivity index (χ2v) is 9.04. The molecule has 3 aromatic rings. The maximum Gasteiger partial charge on any atom is 0.270 e. The number of aryl methyl sites for hydroxylation is 1. The summed E-state index contributed by atoms with van der Waals surface area (Å²) in [5.74, 6) is -0.101. The third kappa shape index (κ3) is 4.26. The van der Waals surface area contributed by atoms with Crippen LogP contribution < -0.4 is 0 Å². The third-order valence-corrected chi connectivity index (χ3v) is 6.69. The van der Waals surface area contributed by atoms with Crippen molar-refractivity contribution in [1.82, 2.24) is 14.2 Å². The lowest BCUT2D eigenvalue weighted by Crippen LogP contribution is -2.50. The topological polar surface area (TPSA) is 73.5 Å². The number of carbonyl (C=O) groups is 1. The number of hydrogen-bond acceptors (Lipinski definition) is 3. The van der Waals surface area contributed by atoms with E-state index in [0.717, 1.165) is 22.0 Å². The van der Waals surface area contributed by atoms with Gasteiger partial charge in [-0.25, -0.2) is 8.42 Å². The number of H-pyrrole nitrogens is 1. The highest BCUT2D eigenvalue weighted by Crippen LogP contribution is 2.19. The summed E-state index contributed by atoms with van der Waals surface area (Å²) >= 11 is 0. The van der Waals surface area contributed by atoms with Crippen molar-refractivity contribution in [1.29, 1.82) is 0 Å². The predicted molar refractivity (Wildman–Crippen MR) is 115 cm³/mol. The average molecular weight is 410 g/mol. The fourth-order valence-electron chi connectivity index (χ4n) is 3.50. The number of fused-ring (bicyclic) bond motifs is 1. The maximum atomic E-state index is 12.8. The number of nitrogens with zero attached hydrogens (tertiary/aromatic N) is 2. The minimum absolute atomic E-state index is 0.101. The fraction of sp³-hybridized carbons (Fsp3) is 0.227. The summed E-state index contributed by atoms with van der Waals surface area (Å²) in [7, 11) is -3.51. The third-order valence-electron chi connectivity index (χ3n) is 5.12. The Kier molecular flexibility index (Phi) is 5.25. The molecule has 4 rings (SSSR count). The minimum Gasteiger partial charge on any atom is -0.351 e. The highest BCUT2D eigenvalue weighted by atomic mass is 32.2. The minimum atomic E-state index is -3.51. The Morgan fingerprint density at radius 3 is 2.45 bits per heavy atom. The number of hydrogen-bond donors (Lipinski definition) is 1. The molecule has 150 valence electrons. The van der Waals surface area contributed by atoms with Crippen LogP contribution in [0.1, 0.15) is 21.6 Å². The number of rotatable bonds is 4. The van der Waals surface area contributed by atoms with Gasteiger partial charge in [0.1, 0.15) is 5.69 Å². The fourth-order valence-corrected chi connectivity index (χ4v) is 4.67. The molecule has 0 aliphatic carbocycles. The Bertz CT molecular complexity index is 1160. The van der Waals surface area contributed by atoms with Crippen molar-refractivity contribution in [3.63, 3.8) is 0 Å². The van der Waals surface area contributed by atoms with Crippen LogP contribution in [0.4, 0.5) is 0 Å². The molecule has 1 aromatic heterocycles. The summed E-state index contributed by atoms with van der Waals surface area (Å²) in [6, 6.07) is 17.2. The monoisotopic (exact) mass is 409 g/mol. The van der Waals surface area contributed by atoms with Crippen LogP contribution in [0.15, 0.2) is 60.0 Å². The standard InChI is InChI=1S/C22H23N3O3S/c1-17-7-8-20-19(15-17)16-21(23-20)22(26)24-10-12-25(13-11-24)29(27,28)14-9-18-5-3-2-4-6-18/h2-9,14-16,23H,10-13H2,1H3. The van der Waals surface area contributed by atoms with E-state index in [4.69, 9.17) is 0 Å². The van der Waals surface area contributed by atoms with Gasteiger partial charge in [0.2, 0.25) is 10.0 Å². The molecule has 1 N–H and O–H groups in total. The van der Waals surface area contributed by atoms with Crippen LogP contribution in [0.25, 0.3) is 17.0 Å². The number of aromatic nitrogens is 1. The van der Waals surface area contributed by atoms with E-state index >= 15 is 0 Å². The van der Waals surface area contributed by atoms with Crippen LogP contribution in [0, 0.1) is 6.92 Å². The first-order valence-electron chi connectivity index (χ1n) is 9.54. The quantitative estimate of drug-likeness (QED) is 0.719. The molecule has 0 spiro atoms. The number of carbonyl (C=O) groups excluding carboxylic acids is 1.